The summed E-state index contributed by atoms with van der Waals surface area (Å²) >= 11 is 0. The summed E-state index contributed by atoms with van der Waals surface area (Å²) in [5.74, 6) is -2.33. The second-order valence-corrected chi connectivity index (χ2v) is 24.0. The molecule has 82 heavy (non-hydrogen) atoms. The van der Waals surface area contributed by atoms with Crippen LogP contribution < -0.4 is 10.6 Å². The third-order valence-electron chi connectivity index (χ3n) is 16.4. The maximum absolute atomic E-state index is 13.3. The second-order valence-electron chi connectivity index (χ2n) is 24.0. The van der Waals surface area contributed by atoms with Crippen LogP contribution in [0.25, 0.3) is 0 Å². The van der Waals surface area contributed by atoms with Gasteiger partial charge in [0.15, 0.2) is 6.29 Å². The molecule has 17 heteroatoms. The van der Waals surface area contributed by atoms with Crippen molar-refractivity contribution in [3.63, 3.8) is 0 Å². The molecule has 17 nitrogen and oxygen atoms in total. The van der Waals surface area contributed by atoms with Crippen LogP contribution in [0.3, 0.4) is 0 Å². The van der Waals surface area contributed by atoms with Crippen molar-refractivity contribution in [3.8, 4) is 0 Å². The lowest BCUT2D eigenvalue weighted by molar-refractivity contribution is -0.304. The molecule has 2 aliphatic heterocycles. The normalized spacial score (nSPS) is 19.4. The number of hydrogen-bond acceptors (Lipinski definition) is 14. The number of amides is 4. The summed E-state index contributed by atoms with van der Waals surface area (Å²) in [4.78, 5) is 65.5. The first-order chi connectivity index (χ1) is 39.9. The Bertz CT molecular complexity index is 1580. The van der Waals surface area contributed by atoms with E-state index in [1.54, 1.807) is 0 Å². The van der Waals surface area contributed by atoms with Gasteiger partial charge in [-0.3, -0.25) is 19.2 Å². The molecule has 4 amide bonds. The summed E-state index contributed by atoms with van der Waals surface area (Å²) in [6, 6.07) is -1.02. The van der Waals surface area contributed by atoms with E-state index in [-0.39, 0.29) is 63.6 Å². The highest BCUT2D eigenvalue weighted by atomic mass is 16.7. The lowest BCUT2D eigenvalue weighted by Crippen LogP contribution is -2.60. The summed E-state index contributed by atoms with van der Waals surface area (Å²) in [6.07, 6.45) is 38.0. The van der Waals surface area contributed by atoms with E-state index in [9.17, 15) is 49.5 Å². The number of unbranched alkanes of at least 4 members (excludes halogenated alkanes) is 36. The van der Waals surface area contributed by atoms with Crippen molar-refractivity contribution in [3.05, 3.63) is 0 Å². The van der Waals surface area contributed by atoms with Crippen molar-refractivity contribution in [1.29, 1.82) is 0 Å². The number of nitrogens with one attached hydrogen (secondary N) is 2. The number of rotatable bonds is 57. The molecule has 0 aliphatic carbocycles. The molecular weight excluding hydrogens is 1050 g/mol. The molecule has 0 unspecified atom stereocenters. The van der Waals surface area contributed by atoms with Crippen molar-refractivity contribution in [2.24, 2.45) is 0 Å². The second kappa shape index (κ2) is 51.5. The minimum Gasteiger partial charge on any atom is -0.390 e. The average Bonchev–Trinajstić information content (AvgIpc) is 3.86. The summed E-state index contributed by atoms with van der Waals surface area (Å²) in [5.41, 5.74) is 0. The van der Waals surface area contributed by atoms with Crippen molar-refractivity contribution in [2.45, 2.75) is 358 Å². The molecule has 2 aliphatic rings. The number of imide groups is 1. The van der Waals surface area contributed by atoms with E-state index in [0.717, 1.165) is 57.8 Å². The van der Waals surface area contributed by atoms with Crippen LogP contribution >= 0.6 is 0 Å². The quantitative estimate of drug-likeness (QED) is 0.0221. The Morgan fingerprint density at radius 1 is 0.524 bits per heavy atom. The van der Waals surface area contributed by atoms with Crippen LogP contribution in [0.1, 0.15) is 309 Å². The van der Waals surface area contributed by atoms with Gasteiger partial charge in [-0.2, -0.15) is 0 Å². The minimum atomic E-state index is -1.63. The number of hydrogen-bond donors (Lipinski definition) is 7. The first-order valence-corrected chi connectivity index (χ1v) is 33.8. The molecule has 0 spiro atoms. The van der Waals surface area contributed by atoms with Crippen LogP contribution in [0.2, 0.25) is 0 Å². The fourth-order valence-electron chi connectivity index (χ4n) is 11.0. The highest BCUT2D eigenvalue weighted by molar-refractivity contribution is 6.01. The van der Waals surface area contributed by atoms with Crippen LogP contribution in [0.4, 0.5) is 0 Å². The van der Waals surface area contributed by atoms with Crippen molar-refractivity contribution in [2.75, 3.05) is 26.4 Å². The van der Waals surface area contributed by atoms with Crippen molar-refractivity contribution < 1.29 is 68.6 Å². The van der Waals surface area contributed by atoms with Crippen molar-refractivity contribution >= 4 is 29.6 Å². The fraction of sp³-hybridized carbons (Fsp3) is 0.923. The largest absolute Gasteiger partial charge is 0.390 e. The Morgan fingerprint density at radius 2 is 0.951 bits per heavy atom. The summed E-state index contributed by atoms with van der Waals surface area (Å²) in [5, 5.41) is 61.3. The van der Waals surface area contributed by atoms with E-state index in [1.807, 2.05) is 0 Å². The Labute approximate surface area is 496 Å². The molecule has 0 aromatic heterocycles. The lowest BCUT2D eigenvalue weighted by Gasteiger charge is -2.40. The van der Waals surface area contributed by atoms with Gasteiger partial charge in [-0.15, -0.1) is 5.06 Å². The number of nitrogens with zero attached hydrogens (tertiary/aromatic N) is 1. The predicted molar refractivity (Wildman–Crippen MR) is 322 cm³/mol. The van der Waals surface area contributed by atoms with Gasteiger partial charge in [-0.05, 0) is 32.1 Å². The standard InChI is InChI=1S/C65H121N3O14/c1-3-5-7-9-11-13-15-17-18-19-20-21-22-23-24-25-26-27-29-31-33-35-39-44-57(71)67-53(61(75)54(69)43-38-34-32-30-28-16-14-12-10-8-6-4-2)51-80-65-64(78)63(77)62(76)55(81-65)52-79-50-41-37-36-40-49-66-56(70)45-42-46-60(74)82-68-58(72)47-48-59(68)73/h53-55,61-65,69,75-78H,3-52H2,1-2H3,(H,66,70)(H,67,71)/t53-,54+,55+,61-,62-,63-,64+,65-/m0/s1. The number of aliphatic hydroxyl groups excluding tert-OH is 5. The molecule has 2 rings (SSSR count). The molecule has 480 valence electrons. The van der Waals surface area contributed by atoms with Gasteiger partial charge in [0.05, 0.1) is 25.4 Å². The number of ether oxygens (including phenoxy) is 3. The van der Waals surface area contributed by atoms with Gasteiger partial charge in [0.1, 0.15) is 30.5 Å². The van der Waals surface area contributed by atoms with E-state index in [4.69, 9.17) is 19.0 Å². The predicted octanol–water partition coefficient (Wildman–Crippen LogP) is 12.0. The molecule has 0 saturated carbocycles. The van der Waals surface area contributed by atoms with Crippen LogP contribution in [0, 0.1) is 0 Å². The van der Waals surface area contributed by atoms with Gasteiger partial charge < -0.3 is 55.2 Å². The van der Waals surface area contributed by atoms with Gasteiger partial charge in [0.25, 0.3) is 11.8 Å². The number of aliphatic hydroxyl groups is 5. The van der Waals surface area contributed by atoms with E-state index in [0.29, 0.717) is 43.9 Å². The minimum absolute atomic E-state index is 0.0139. The maximum Gasteiger partial charge on any atom is 0.333 e. The topological polar surface area (TPSA) is 251 Å². The summed E-state index contributed by atoms with van der Waals surface area (Å²) in [6.45, 7) is 4.87. The van der Waals surface area contributed by atoms with E-state index in [2.05, 4.69) is 24.5 Å². The number of carbonyl (C=O) groups is 5. The summed E-state index contributed by atoms with van der Waals surface area (Å²) in [7, 11) is 0. The number of hydroxylamine groups is 2. The third-order valence-corrected chi connectivity index (χ3v) is 16.4. The van der Waals surface area contributed by atoms with Crippen LogP contribution in [-0.4, -0.2) is 136 Å². The Kier molecular flexibility index (Phi) is 47.3. The smallest absolute Gasteiger partial charge is 0.333 e. The Morgan fingerprint density at radius 3 is 1.44 bits per heavy atom. The average molecular weight is 1170 g/mol. The third kappa shape index (κ3) is 38.3. The highest BCUT2D eigenvalue weighted by Gasteiger charge is 2.45. The highest BCUT2D eigenvalue weighted by Crippen LogP contribution is 2.25. The van der Waals surface area contributed by atoms with Gasteiger partial charge in [-0.25, -0.2) is 4.79 Å². The zero-order valence-corrected chi connectivity index (χ0v) is 51.8. The van der Waals surface area contributed by atoms with Gasteiger partial charge in [0, 0.05) is 45.3 Å². The first-order valence-electron chi connectivity index (χ1n) is 33.8. The molecule has 2 fully saturated rings. The molecule has 2 heterocycles. The van der Waals surface area contributed by atoms with Crippen LogP contribution in [0.5, 0.6) is 0 Å². The monoisotopic (exact) mass is 1170 g/mol. The van der Waals surface area contributed by atoms with Crippen LogP contribution in [-0.2, 0) is 43.0 Å². The van der Waals surface area contributed by atoms with Gasteiger partial charge >= 0.3 is 5.97 Å². The first kappa shape index (κ1) is 75.3. The molecule has 2 saturated heterocycles. The zero-order chi connectivity index (χ0) is 59.7. The van der Waals surface area contributed by atoms with E-state index in [1.165, 1.54) is 173 Å². The SMILES string of the molecule is CCCCCCCCCCCCCCCCCCCCCCCCCC(=O)N[C@@H](CO[C@H]1O[C@H](COCCCCCCNC(=O)CCCC(=O)ON2C(=O)CCC2=O)[C@H](O)[C@H](O)[C@H]1O)[C@H](O)[C@H](O)CCCCCCCCCCCCCC. The molecule has 7 N–H and O–H groups in total. The lowest BCUT2D eigenvalue weighted by atomic mass is 9.98. The van der Waals surface area contributed by atoms with E-state index < -0.39 is 66.7 Å². The molecule has 0 radical (unpaired) electrons. The summed E-state index contributed by atoms with van der Waals surface area (Å²) < 4.78 is 17.7. The molecule has 8 atom stereocenters. The van der Waals surface area contributed by atoms with E-state index >= 15 is 0 Å². The van der Waals surface area contributed by atoms with Crippen molar-refractivity contribution in [1.82, 2.24) is 15.7 Å². The molecule has 0 bridgehead atoms. The fourth-order valence-corrected chi connectivity index (χ4v) is 11.0. The van der Waals surface area contributed by atoms with Gasteiger partial charge in [-0.1, -0.05) is 245 Å². The van der Waals surface area contributed by atoms with Crippen LogP contribution in [0.15, 0.2) is 0 Å². The molecular formula is C65H121N3O14. The van der Waals surface area contributed by atoms with Gasteiger partial charge in [0.2, 0.25) is 11.8 Å². The molecule has 0 aromatic rings. The Balaban J connectivity index is 1.69. The zero-order valence-electron chi connectivity index (χ0n) is 51.8. The Hall–Kier alpha value is -2.77. The maximum atomic E-state index is 13.3. The molecule has 0 aromatic carbocycles. The number of carbonyl (C=O) groups excluding carboxylic acids is 5.